The number of nitro groups is 2. The van der Waals surface area contributed by atoms with Crippen LogP contribution < -0.4 is 5.32 Å². The summed E-state index contributed by atoms with van der Waals surface area (Å²) in [6.45, 7) is 1.99. The quantitative estimate of drug-likeness (QED) is 0.373. The fourth-order valence-corrected chi connectivity index (χ4v) is 3.75. The van der Waals surface area contributed by atoms with Crippen LogP contribution in [0, 0.1) is 27.2 Å². The van der Waals surface area contributed by atoms with E-state index >= 15 is 0 Å². The molecule has 0 saturated carbocycles. The number of thiazole rings is 1. The van der Waals surface area contributed by atoms with E-state index in [0.717, 1.165) is 40.1 Å². The number of nitrogens with zero attached hydrogens (tertiary/aromatic N) is 4. The second kappa shape index (κ2) is 7.37. The molecule has 2 aromatic heterocycles. The number of imidazole rings is 1. The second-order valence-corrected chi connectivity index (χ2v) is 7.28. The van der Waals surface area contributed by atoms with E-state index in [0.29, 0.717) is 5.69 Å². The largest absolute Gasteiger partial charge is 0.322 e. The molecule has 11 heteroatoms. The van der Waals surface area contributed by atoms with Crippen LogP contribution in [0.15, 0.2) is 54.0 Å². The monoisotopic (exact) mass is 423 g/mol. The Bertz CT molecular complexity index is 1280. The number of nitro benzene ring substituents is 2. The molecule has 10 nitrogen and oxygen atoms in total. The molecule has 0 aliphatic rings. The summed E-state index contributed by atoms with van der Waals surface area (Å²) in [5.74, 6) is -0.687. The van der Waals surface area contributed by atoms with Crippen molar-refractivity contribution in [3.8, 4) is 11.3 Å². The Hall–Kier alpha value is -4.12. The number of benzene rings is 2. The molecule has 0 radical (unpaired) electrons. The van der Waals surface area contributed by atoms with Crippen LogP contribution in [0.4, 0.5) is 17.1 Å². The second-order valence-electron chi connectivity index (χ2n) is 6.44. The standard InChI is InChI=1S/C19H13N5O5S/c1-11-10-30-19-21-17(9-22(11)19)12-2-4-14(5-3-12)20-18(25)13-6-15(23(26)27)8-16(7-13)24(28)29/h2-10H,1H3,(H,20,25). The fourth-order valence-electron chi connectivity index (χ4n) is 2.90. The van der Waals surface area contributed by atoms with Gasteiger partial charge in [0.1, 0.15) is 0 Å². The first-order valence-corrected chi connectivity index (χ1v) is 9.48. The number of hydrogen-bond donors (Lipinski definition) is 1. The molecule has 0 saturated heterocycles. The summed E-state index contributed by atoms with van der Waals surface area (Å²) in [7, 11) is 0. The van der Waals surface area contributed by atoms with Crippen molar-refractivity contribution in [2.45, 2.75) is 6.92 Å². The molecule has 0 aliphatic carbocycles. The van der Waals surface area contributed by atoms with Gasteiger partial charge in [-0.3, -0.25) is 29.4 Å². The molecule has 4 aromatic rings. The maximum absolute atomic E-state index is 12.5. The van der Waals surface area contributed by atoms with Gasteiger partial charge in [-0.15, -0.1) is 11.3 Å². The van der Waals surface area contributed by atoms with Crippen molar-refractivity contribution in [1.29, 1.82) is 0 Å². The van der Waals surface area contributed by atoms with E-state index in [1.54, 1.807) is 35.6 Å². The zero-order valence-corrected chi connectivity index (χ0v) is 16.3. The van der Waals surface area contributed by atoms with Crippen molar-refractivity contribution in [3.05, 3.63) is 85.5 Å². The summed E-state index contributed by atoms with van der Waals surface area (Å²) in [5, 5.41) is 26.6. The van der Waals surface area contributed by atoms with E-state index in [9.17, 15) is 25.0 Å². The van der Waals surface area contributed by atoms with Crippen LogP contribution in [-0.4, -0.2) is 25.1 Å². The van der Waals surface area contributed by atoms with Gasteiger partial charge in [-0.25, -0.2) is 4.98 Å². The van der Waals surface area contributed by atoms with E-state index < -0.39 is 27.1 Å². The molecule has 0 spiro atoms. The Morgan fingerprint density at radius 1 is 1.07 bits per heavy atom. The van der Waals surface area contributed by atoms with Crippen molar-refractivity contribution >= 4 is 39.3 Å². The average molecular weight is 423 g/mol. The topological polar surface area (TPSA) is 133 Å². The highest BCUT2D eigenvalue weighted by molar-refractivity contribution is 7.15. The van der Waals surface area contributed by atoms with Gasteiger partial charge in [0.25, 0.3) is 17.3 Å². The van der Waals surface area contributed by atoms with Crippen molar-refractivity contribution in [1.82, 2.24) is 9.38 Å². The highest BCUT2D eigenvalue weighted by Gasteiger charge is 2.20. The number of anilines is 1. The third kappa shape index (κ3) is 3.61. The zero-order valence-electron chi connectivity index (χ0n) is 15.4. The van der Waals surface area contributed by atoms with E-state index in [2.05, 4.69) is 10.3 Å². The molecule has 0 unspecified atom stereocenters. The first-order chi connectivity index (χ1) is 14.3. The van der Waals surface area contributed by atoms with Gasteiger partial charge in [0, 0.05) is 40.7 Å². The lowest BCUT2D eigenvalue weighted by molar-refractivity contribution is -0.394. The molecule has 2 heterocycles. The summed E-state index contributed by atoms with van der Waals surface area (Å²) in [6.07, 6.45) is 1.93. The van der Waals surface area contributed by atoms with Gasteiger partial charge in [-0.05, 0) is 19.1 Å². The van der Waals surface area contributed by atoms with Gasteiger partial charge in [-0.1, -0.05) is 12.1 Å². The van der Waals surface area contributed by atoms with Crippen LogP contribution in [0.3, 0.4) is 0 Å². The number of hydrogen-bond acceptors (Lipinski definition) is 7. The van der Waals surface area contributed by atoms with Crippen LogP contribution in [-0.2, 0) is 0 Å². The molecule has 0 fully saturated rings. The van der Waals surface area contributed by atoms with Crippen LogP contribution in [0.5, 0.6) is 0 Å². The van der Waals surface area contributed by atoms with Crippen LogP contribution in [0.25, 0.3) is 16.2 Å². The van der Waals surface area contributed by atoms with Gasteiger partial charge in [-0.2, -0.15) is 0 Å². The third-order valence-corrected chi connectivity index (χ3v) is 5.37. The van der Waals surface area contributed by atoms with E-state index in [4.69, 9.17) is 0 Å². The summed E-state index contributed by atoms with van der Waals surface area (Å²) in [6, 6.07) is 9.70. The Balaban J connectivity index is 1.56. The van der Waals surface area contributed by atoms with Gasteiger partial charge < -0.3 is 5.32 Å². The summed E-state index contributed by atoms with van der Waals surface area (Å²) >= 11 is 1.54. The van der Waals surface area contributed by atoms with Gasteiger partial charge >= 0.3 is 0 Å². The summed E-state index contributed by atoms with van der Waals surface area (Å²) in [5.41, 5.74) is 1.94. The molecule has 4 rings (SSSR count). The maximum Gasteiger partial charge on any atom is 0.277 e. The molecule has 0 aliphatic heterocycles. The van der Waals surface area contributed by atoms with E-state index in [1.807, 2.05) is 22.9 Å². The van der Waals surface area contributed by atoms with E-state index in [-0.39, 0.29) is 5.56 Å². The van der Waals surface area contributed by atoms with Crippen LogP contribution in [0.1, 0.15) is 16.1 Å². The molecule has 30 heavy (non-hydrogen) atoms. The lowest BCUT2D eigenvalue weighted by atomic mass is 10.1. The van der Waals surface area contributed by atoms with Crippen molar-refractivity contribution < 1.29 is 14.6 Å². The Kier molecular flexibility index (Phi) is 4.72. The number of aromatic nitrogens is 2. The number of carbonyl (C=O) groups excluding carboxylic acids is 1. The zero-order chi connectivity index (χ0) is 21.4. The number of non-ortho nitro benzene ring substituents is 2. The minimum atomic E-state index is -0.782. The fraction of sp³-hybridized carbons (Fsp3) is 0.0526. The van der Waals surface area contributed by atoms with Crippen molar-refractivity contribution in [2.24, 2.45) is 0 Å². The van der Waals surface area contributed by atoms with Crippen LogP contribution in [0.2, 0.25) is 0 Å². The van der Waals surface area contributed by atoms with E-state index in [1.165, 1.54) is 0 Å². The molecular weight excluding hydrogens is 410 g/mol. The highest BCUT2D eigenvalue weighted by Crippen LogP contribution is 2.26. The molecule has 0 bridgehead atoms. The van der Waals surface area contributed by atoms with Crippen LogP contribution >= 0.6 is 11.3 Å². The number of fused-ring (bicyclic) bond motifs is 1. The third-order valence-electron chi connectivity index (χ3n) is 4.41. The predicted molar refractivity (Wildman–Crippen MR) is 111 cm³/mol. The summed E-state index contributed by atoms with van der Waals surface area (Å²) in [4.78, 5) is 38.3. The molecule has 1 N–H and O–H groups in total. The molecule has 1 amide bonds. The lowest BCUT2D eigenvalue weighted by Gasteiger charge is -2.06. The van der Waals surface area contributed by atoms with Crippen molar-refractivity contribution in [2.75, 3.05) is 5.32 Å². The molecule has 0 atom stereocenters. The average Bonchev–Trinajstić information content (AvgIpc) is 3.30. The minimum Gasteiger partial charge on any atom is -0.322 e. The van der Waals surface area contributed by atoms with Gasteiger partial charge in [0.05, 0.1) is 27.2 Å². The minimum absolute atomic E-state index is 0.176. The Labute approximate surface area is 172 Å². The van der Waals surface area contributed by atoms with Crippen molar-refractivity contribution in [3.63, 3.8) is 0 Å². The molecule has 150 valence electrons. The Morgan fingerprint density at radius 2 is 1.70 bits per heavy atom. The number of rotatable bonds is 5. The number of amides is 1. The molecule has 2 aromatic carbocycles. The van der Waals surface area contributed by atoms with Gasteiger partial charge in [0.2, 0.25) is 0 Å². The first kappa shape index (κ1) is 19.2. The predicted octanol–water partition coefficient (Wildman–Crippen LogP) is 4.44. The SMILES string of the molecule is Cc1csc2nc(-c3ccc(NC(=O)c4cc([N+](=O)[O-])cc([N+](=O)[O-])c4)cc3)cn12. The number of aryl methyl sites for hydroxylation is 1. The number of nitrogens with one attached hydrogen (secondary N) is 1. The summed E-state index contributed by atoms with van der Waals surface area (Å²) < 4.78 is 1.99. The smallest absolute Gasteiger partial charge is 0.277 e. The molecular formula is C19H13N5O5S. The maximum atomic E-state index is 12.5. The number of carbonyl (C=O) groups is 1. The first-order valence-electron chi connectivity index (χ1n) is 8.60. The Morgan fingerprint density at radius 3 is 2.27 bits per heavy atom. The van der Waals surface area contributed by atoms with Gasteiger partial charge in [0.15, 0.2) is 4.96 Å². The lowest BCUT2D eigenvalue weighted by Crippen LogP contribution is -2.12. The normalized spacial score (nSPS) is 10.8. The highest BCUT2D eigenvalue weighted by atomic mass is 32.1.